The second-order valence-corrected chi connectivity index (χ2v) is 7.51. The molecule has 0 heterocycles. The maximum Gasteiger partial charge on any atom is 0.214 e. The van der Waals surface area contributed by atoms with E-state index >= 15 is 0 Å². The Labute approximate surface area is 124 Å². The molecule has 20 heavy (non-hydrogen) atoms. The van der Waals surface area contributed by atoms with Crippen LogP contribution in [0.4, 0.5) is 0 Å². The second kappa shape index (κ2) is 8.97. The van der Waals surface area contributed by atoms with E-state index in [1.165, 1.54) is 12.8 Å². The summed E-state index contributed by atoms with van der Waals surface area (Å²) in [5.41, 5.74) is 0. The van der Waals surface area contributed by atoms with E-state index < -0.39 is 10.0 Å². The molecular formula is C14H30N2O3S. The van der Waals surface area contributed by atoms with Gasteiger partial charge in [-0.15, -0.1) is 0 Å². The van der Waals surface area contributed by atoms with Crippen LogP contribution < -0.4 is 5.32 Å². The van der Waals surface area contributed by atoms with Crippen molar-refractivity contribution in [3.05, 3.63) is 0 Å². The van der Waals surface area contributed by atoms with Gasteiger partial charge in [-0.2, -0.15) is 4.31 Å². The van der Waals surface area contributed by atoms with Crippen LogP contribution in [0.25, 0.3) is 0 Å². The first-order chi connectivity index (χ1) is 9.55. The molecule has 0 radical (unpaired) electrons. The molecule has 0 saturated heterocycles. The topological polar surface area (TPSA) is 58.6 Å². The van der Waals surface area contributed by atoms with Gasteiger partial charge in [-0.05, 0) is 38.6 Å². The van der Waals surface area contributed by atoms with Gasteiger partial charge < -0.3 is 10.1 Å². The van der Waals surface area contributed by atoms with E-state index in [9.17, 15) is 8.42 Å². The van der Waals surface area contributed by atoms with E-state index in [1.807, 2.05) is 13.8 Å². The van der Waals surface area contributed by atoms with Crippen molar-refractivity contribution >= 4 is 10.0 Å². The lowest BCUT2D eigenvalue weighted by molar-refractivity contribution is 0.163. The van der Waals surface area contributed by atoms with Gasteiger partial charge >= 0.3 is 0 Å². The fourth-order valence-electron chi connectivity index (χ4n) is 2.39. The minimum absolute atomic E-state index is 0.0894. The number of ether oxygens (including phenoxy) is 1. The van der Waals surface area contributed by atoms with Crippen molar-refractivity contribution < 1.29 is 13.2 Å². The summed E-state index contributed by atoms with van der Waals surface area (Å²) in [5, 5.41) is 3.36. The quantitative estimate of drug-likeness (QED) is 0.556. The molecule has 0 spiro atoms. The van der Waals surface area contributed by atoms with E-state index in [0.29, 0.717) is 25.6 Å². The van der Waals surface area contributed by atoms with Crippen molar-refractivity contribution in [1.29, 1.82) is 0 Å². The second-order valence-electron chi connectivity index (χ2n) is 5.47. The number of hydrogen-bond acceptors (Lipinski definition) is 4. The molecular weight excluding hydrogens is 276 g/mol. The van der Waals surface area contributed by atoms with Crippen LogP contribution >= 0.6 is 0 Å². The number of nitrogens with zero attached hydrogens (tertiary/aromatic N) is 1. The van der Waals surface area contributed by atoms with Gasteiger partial charge in [0.2, 0.25) is 10.0 Å². The lowest BCUT2D eigenvalue weighted by Crippen LogP contribution is -2.43. The third kappa shape index (κ3) is 6.08. The SMILES string of the molecule is CCC(CC)N(CCOC)S(=O)(=O)CCCNC1CC1. The van der Waals surface area contributed by atoms with Crippen LogP contribution in [0.15, 0.2) is 0 Å². The molecule has 1 fully saturated rings. The smallest absolute Gasteiger partial charge is 0.214 e. The third-order valence-electron chi connectivity index (χ3n) is 3.81. The monoisotopic (exact) mass is 306 g/mol. The maximum absolute atomic E-state index is 12.5. The Morgan fingerprint density at radius 1 is 1.30 bits per heavy atom. The van der Waals surface area contributed by atoms with E-state index in [1.54, 1.807) is 11.4 Å². The predicted molar refractivity (Wildman–Crippen MR) is 82.4 cm³/mol. The Kier molecular flexibility index (Phi) is 8.02. The molecule has 1 rings (SSSR count). The fourth-order valence-corrected chi connectivity index (χ4v) is 4.24. The summed E-state index contributed by atoms with van der Waals surface area (Å²) in [6.07, 6.45) is 4.85. The molecule has 0 aromatic carbocycles. The van der Waals surface area contributed by atoms with E-state index in [0.717, 1.165) is 19.4 Å². The van der Waals surface area contributed by atoms with Gasteiger partial charge in [-0.25, -0.2) is 8.42 Å². The zero-order valence-corrected chi connectivity index (χ0v) is 13.9. The molecule has 1 aliphatic carbocycles. The first-order valence-electron chi connectivity index (χ1n) is 7.77. The highest BCUT2D eigenvalue weighted by Crippen LogP contribution is 2.19. The standard InChI is InChI=1S/C14H30N2O3S/c1-4-14(5-2)16(10-11-19-3)20(17,18)12-6-9-15-13-7-8-13/h13-15H,4-12H2,1-3H3. The fraction of sp³-hybridized carbons (Fsp3) is 1.00. The zero-order chi connectivity index (χ0) is 15.0. The lowest BCUT2D eigenvalue weighted by atomic mass is 10.2. The van der Waals surface area contributed by atoms with E-state index in [4.69, 9.17) is 4.74 Å². The number of sulfonamides is 1. The van der Waals surface area contributed by atoms with Gasteiger partial charge in [0.25, 0.3) is 0 Å². The van der Waals surface area contributed by atoms with Crippen LogP contribution in [0.5, 0.6) is 0 Å². The molecule has 0 aliphatic heterocycles. The Morgan fingerprint density at radius 3 is 2.45 bits per heavy atom. The molecule has 0 aromatic heterocycles. The highest BCUT2D eigenvalue weighted by Gasteiger charge is 2.27. The first kappa shape index (κ1) is 17.9. The van der Waals surface area contributed by atoms with Gasteiger partial charge in [0, 0.05) is 25.7 Å². The van der Waals surface area contributed by atoms with Crippen LogP contribution in [0.1, 0.15) is 46.0 Å². The molecule has 0 aromatic rings. The molecule has 0 unspecified atom stereocenters. The van der Waals surface area contributed by atoms with Gasteiger partial charge in [-0.1, -0.05) is 13.8 Å². The van der Waals surface area contributed by atoms with Crippen LogP contribution in [-0.4, -0.2) is 57.4 Å². The van der Waals surface area contributed by atoms with Gasteiger partial charge in [-0.3, -0.25) is 0 Å². The molecule has 5 nitrogen and oxygen atoms in total. The van der Waals surface area contributed by atoms with Crippen LogP contribution in [0.2, 0.25) is 0 Å². The largest absolute Gasteiger partial charge is 0.383 e. The van der Waals surface area contributed by atoms with Crippen molar-refractivity contribution in [3.63, 3.8) is 0 Å². The molecule has 1 saturated carbocycles. The summed E-state index contributed by atoms with van der Waals surface area (Å²) >= 11 is 0. The Hall–Kier alpha value is -0.170. The normalized spacial score (nSPS) is 16.2. The van der Waals surface area contributed by atoms with Crippen LogP contribution in [0.3, 0.4) is 0 Å². The number of rotatable bonds is 12. The van der Waals surface area contributed by atoms with Crippen molar-refractivity contribution in [2.24, 2.45) is 0 Å². The van der Waals surface area contributed by atoms with Crippen molar-refractivity contribution in [3.8, 4) is 0 Å². The Balaban J connectivity index is 2.50. The van der Waals surface area contributed by atoms with Gasteiger partial charge in [0.05, 0.1) is 12.4 Å². The summed E-state index contributed by atoms with van der Waals surface area (Å²) in [7, 11) is -1.57. The maximum atomic E-state index is 12.5. The third-order valence-corrected chi connectivity index (χ3v) is 5.81. The molecule has 1 aliphatic rings. The van der Waals surface area contributed by atoms with Crippen molar-refractivity contribution in [2.45, 2.75) is 58.0 Å². The van der Waals surface area contributed by atoms with Crippen molar-refractivity contribution in [1.82, 2.24) is 9.62 Å². The lowest BCUT2D eigenvalue weighted by Gasteiger charge is -2.29. The first-order valence-corrected chi connectivity index (χ1v) is 9.37. The zero-order valence-electron chi connectivity index (χ0n) is 13.1. The molecule has 1 N–H and O–H groups in total. The highest BCUT2D eigenvalue weighted by atomic mass is 32.2. The number of hydrogen-bond donors (Lipinski definition) is 1. The summed E-state index contributed by atoms with van der Waals surface area (Å²) in [6, 6.07) is 0.730. The van der Waals surface area contributed by atoms with Crippen LogP contribution in [0, 0.1) is 0 Å². The van der Waals surface area contributed by atoms with Crippen LogP contribution in [-0.2, 0) is 14.8 Å². The molecule has 0 bridgehead atoms. The summed E-state index contributed by atoms with van der Waals surface area (Å²) in [4.78, 5) is 0. The summed E-state index contributed by atoms with van der Waals surface area (Å²) < 4.78 is 31.7. The predicted octanol–water partition coefficient (Wildman–Crippen LogP) is 1.60. The molecule has 0 atom stereocenters. The summed E-state index contributed by atoms with van der Waals surface area (Å²) in [5.74, 6) is 0.229. The van der Waals surface area contributed by atoms with E-state index in [-0.39, 0.29) is 11.8 Å². The Bertz CT molecular complexity index is 351. The van der Waals surface area contributed by atoms with Gasteiger partial charge in [0.1, 0.15) is 0 Å². The summed E-state index contributed by atoms with van der Waals surface area (Å²) in [6.45, 7) is 5.79. The highest BCUT2D eigenvalue weighted by molar-refractivity contribution is 7.89. The molecule has 0 amide bonds. The average molecular weight is 306 g/mol. The minimum atomic E-state index is -3.18. The molecule has 6 heteroatoms. The number of nitrogens with one attached hydrogen (secondary N) is 1. The average Bonchev–Trinajstić information content (AvgIpc) is 3.23. The van der Waals surface area contributed by atoms with Gasteiger partial charge in [0.15, 0.2) is 0 Å². The number of methoxy groups -OCH3 is 1. The van der Waals surface area contributed by atoms with Crippen molar-refractivity contribution in [2.75, 3.05) is 32.6 Å². The Morgan fingerprint density at radius 2 is 1.95 bits per heavy atom. The minimum Gasteiger partial charge on any atom is -0.383 e. The van der Waals surface area contributed by atoms with E-state index in [2.05, 4.69) is 5.32 Å². The molecule has 120 valence electrons.